The van der Waals surface area contributed by atoms with Crippen molar-refractivity contribution in [3.05, 3.63) is 53.3 Å². The highest BCUT2D eigenvalue weighted by atomic mass is 16.3. The first-order valence-corrected chi connectivity index (χ1v) is 9.00. The van der Waals surface area contributed by atoms with Crippen LogP contribution in [-0.2, 0) is 17.8 Å². The molecule has 5 heteroatoms. The molecular formula is C20H27N3O2. The van der Waals surface area contributed by atoms with Crippen molar-refractivity contribution in [3.8, 4) is 0 Å². The van der Waals surface area contributed by atoms with E-state index in [0.717, 1.165) is 36.3 Å². The summed E-state index contributed by atoms with van der Waals surface area (Å²) in [6.07, 6.45) is 2.91. The standard InChI is InChI=1S/C20H27N3O2/c1-16-13-17(2)23(21-16)12-9-19(25)22-11-6-10-20(22,15-24)14-18-7-4-3-5-8-18/h3-5,7-8,13,24H,6,9-12,14-15H2,1-2H3. The van der Waals surface area contributed by atoms with Crippen LogP contribution >= 0.6 is 0 Å². The van der Waals surface area contributed by atoms with E-state index in [1.807, 2.05) is 47.7 Å². The predicted molar refractivity (Wildman–Crippen MR) is 97.2 cm³/mol. The van der Waals surface area contributed by atoms with Gasteiger partial charge in [0.1, 0.15) is 0 Å². The molecule has 1 saturated heterocycles. The van der Waals surface area contributed by atoms with E-state index < -0.39 is 5.54 Å². The van der Waals surface area contributed by atoms with Crippen LogP contribution in [-0.4, -0.2) is 44.4 Å². The molecule has 1 fully saturated rings. The van der Waals surface area contributed by atoms with E-state index in [1.165, 1.54) is 0 Å². The number of carbonyl (C=O) groups excluding carboxylic acids is 1. The third kappa shape index (κ3) is 3.76. The highest BCUT2D eigenvalue weighted by Gasteiger charge is 2.42. The Hall–Kier alpha value is -2.14. The molecule has 25 heavy (non-hydrogen) atoms. The van der Waals surface area contributed by atoms with Crippen molar-refractivity contribution in [2.45, 2.75) is 51.6 Å². The summed E-state index contributed by atoms with van der Waals surface area (Å²) in [4.78, 5) is 14.8. The maximum absolute atomic E-state index is 12.9. The van der Waals surface area contributed by atoms with Crippen LogP contribution in [0, 0.1) is 13.8 Å². The second-order valence-corrected chi connectivity index (χ2v) is 7.09. The first-order valence-electron chi connectivity index (χ1n) is 9.00. The average molecular weight is 341 g/mol. The van der Waals surface area contributed by atoms with Crippen LogP contribution < -0.4 is 0 Å². The van der Waals surface area contributed by atoms with Gasteiger partial charge in [-0.05, 0) is 44.7 Å². The molecule has 0 aliphatic carbocycles. The third-order valence-corrected chi connectivity index (χ3v) is 5.21. The number of hydrogen-bond acceptors (Lipinski definition) is 3. The van der Waals surface area contributed by atoms with E-state index in [-0.39, 0.29) is 12.5 Å². The van der Waals surface area contributed by atoms with Crippen LogP contribution in [0.5, 0.6) is 0 Å². The second-order valence-electron chi connectivity index (χ2n) is 7.09. The summed E-state index contributed by atoms with van der Waals surface area (Å²) in [5.41, 5.74) is 2.74. The fourth-order valence-electron chi connectivity index (χ4n) is 3.95. The molecule has 2 heterocycles. The summed E-state index contributed by atoms with van der Waals surface area (Å²) in [7, 11) is 0. The van der Waals surface area contributed by atoms with Gasteiger partial charge in [0.2, 0.25) is 5.91 Å². The highest BCUT2D eigenvalue weighted by molar-refractivity contribution is 5.77. The minimum Gasteiger partial charge on any atom is -0.394 e. The molecule has 1 aromatic carbocycles. The molecule has 1 atom stereocenters. The fraction of sp³-hybridized carbons (Fsp3) is 0.500. The van der Waals surface area contributed by atoms with Crippen molar-refractivity contribution in [2.75, 3.05) is 13.2 Å². The third-order valence-electron chi connectivity index (χ3n) is 5.21. The van der Waals surface area contributed by atoms with Crippen LogP contribution in [0.2, 0.25) is 0 Å². The zero-order valence-electron chi connectivity index (χ0n) is 15.1. The lowest BCUT2D eigenvalue weighted by atomic mass is 9.88. The van der Waals surface area contributed by atoms with Crippen LogP contribution in [0.1, 0.15) is 36.2 Å². The van der Waals surface area contributed by atoms with Gasteiger partial charge in [-0.25, -0.2) is 0 Å². The van der Waals surface area contributed by atoms with E-state index >= 15 is 0 Å². The molecule has 3 rings (SSSR count). The normalized spacial score (nSPS) is 20.2. The number of aromatic nitrogens is 2. The van der Waals surface area contributed by atoms with Crippen LogP contribution in [0.25, 0.3) is 0 Å². The summed E-state index contributed by atoms with van der Waals surface area (Å²) in [6, 6.07) is 12.1. The van der Waals surface area contributed by atoms with Gasteiger partial charge < -0.3 is 10.0 Å². The zero-order chi connectivity index (χ0) is 17.9. The number of hydrogen-bond donors (Lipinski definition) is 1. The summed E-state index contributed by atoms with van der Waals surface area (Å²) >= 11 is 0. The number of aliphatic hydroxyl groups excluding tert-OH is 1. The number of nitrogens with zero attached hydrogens (tertiary/aromatic N) is 3. The molecule has 0 saturated carbocycles. The zero-order valence-corrected chi connectivity index (χ0v) is 15.1. The first kappa shape index (κ1) is 17.7. The molecule has 1 N–H and O–H groups in total. The van der Waals surface area contributed by atoms with Gasteiger partial charge in [-0.1, -0.05) is 30.3 Å². The van der Waals surface area contributed by atoms with Crippen LogP contribution in [0.4, 0.5) is 0 Å². The fourth-order valence-corrected chi connectivity index (χ4v) is 3.95. The average Bonchev–Trinajstić information content (AvgIpc) is 3.17. The molecule has 2 aromatic rings. The van der Waals surface area contributed by atoms with Gasteiger partial charge in [0, 0.05) is 25.2 Å². The minimum absolute atomic E-state index is 0.00748. The second kappa shape index (κ2) is 7.40. The Labute approximate surface area is 149 Å². The number of benzene rings is 1. The number of amides is 1. The Morgan fingerprint density at radius 2 is 2.04 bits per heavy atom. The molecule has 1 aliphatic heterocycles. The first-order chi connectivity index (χ1) is 12.0. The van der Waals surface area contributed by atoms with Gasteiger partial charge in [-0.2, -0.15) is 5.10 Å². The molecule has 1 aromatic heterocycles. The van der Waals surface area contributed by atoms with E-state index in [1.54, 1.807) is 0 Å². The molecule has 1 aliphatic rings. The monoisotopic (exact) mass is 341 g/mol. The van der Waals surface area contributed by atoms with Crippen molar-refractivity contribution >= 4 is 5.91 Å². The van der Waals surface area contributed by atoms with E-state index in [0.29, 0.717) is 19.4 Å². The summed E-state index contributed by atoms with van der Waals surface area (Å²) < 4.78 is 1.89. The molecule has 0 radical (unpaired) electrons. The van der Waals surface area contributed by atoms with Crippen LogP contribution in [0.3, 0.4) is 0 Å². The van der Waals surface area contributed by atoms with Gasteiger partial charge in [0.05, 0.1) is 17.8 Å². The Morgan fingerprint density at radius 3 is 2.68 bits per heavy atom. The molecule has 134 valence electrons. The molecule has 5 nitrogen and oxygen atoms in total. The van der Waals surface area contributed by atoms with Gasteiger partial charge in [0.25, 0.3) is 0 Å². The number of carbonyl (C=O) groups is 1. The van der Waals surface area contributed by atoms with Gasteiger partial charge in [-0.3, -0.25) is 9.48 Å². The van der Waals surface area contributed by atoms with Crippen molar-refractivity contribution in [3.63, 3.8) is 0 Å². The van der Waals surface area contributed by atoms with Gasteiger partial charge >= 0.3 is 0 Å². The Kier molecular flexibility index (Phi) is 5.23. The van der Waals surface area contributed by atoms with Gasteiger partial charge in [0.15, 0.2) is 0 Å². The Bertz CT molecular complexity index is 726. The number of likely N-dealkylation sites (tertiary alicyclic amines) is 1. The van der Waals surface area contributed by atoms with Crippen molar-refractivity contribution in [1.82, 2.24) is 14.7 Å². The van der Waals surface area contributed by atoms with Crippen molar-refractivity contribution in [2.24, 2.45) is 0 Å². The predicted octanol–water partition coefficient (Wildman–Crippen LogP) is 2.49. The quantitative estimate of drug-likeness (QED) is 0.878. The van der Waals surface area contributed by atoms with Crippen molar-refractivity contribution < 1.29 is 9.90 Å². The lowest BCUT2D eigenvalue weighted by Gasteiger charge is -2.37. The van der Waals surface area contributed by atoms with E-state index in [4.69, 9.17) is 0 Å². The Balaban J connectivity index is 1.70. The molecule has 1 amide bonds. The highest BCUT2D eigenvalue weighted by Crippen LogP contribution is 2.33. The molecular weight excluding hydrogens is 314 g/mol. The van der Waals surface area contributed by atoms with Gasteiger partial charge in [-0.15, -0.1) is 0 Å². The number of aliphatic hydroxyl groups is 1. The summed E-state index contributed by atoms with van der Waals surface area (Å²) in [6.45, 7) is 5.29. The largest absolute Gasteiger partial charge is 0.394 e. The summed E-state index contributed by atoms with van der Waals surface area (Å²) in [5, 5.41) is 14.5. The lowest BCUT2D eigenvalue weighted by molar-refractivity contribution is -0.137. The lowest BCUT2D eigenvalue weighted by Crippen LogP contribution is -2.51. The molecule has 0 bridgehead atoms. The van der Waals surface area contributed by atoms with Crippen LogP contribution in [0.15, 0.2) is 36.4 Å². The molecule has 1 unspecified atom stereocenters. The maximum atomic E-state index is 12.9. The number of aryl methyl sites for hydroxylation is 3. The van der Waals surface area contributed by atoms with E-state index in [9.17, 15) is 9.90 Å². The minimum atomic E-state index is -0.465. The summed E-state index contributed by atoms with van der Waals surface area (Å²) in [5.74, 6) is 0.107. The maximum Gasteiger partial charge on any atom is 0.224 e. The number of rotatable bonds is 6. The topological polar surface area (TPSA) is 58.4 Å². The SMILES string of the molecule is Cc1cc(C)n(CCC(=O)N2CCCC2(CO)Cc2ccccc2)n1. The smallest absolute Gasteiger partial charge is 0.224 e. The van der Waals surface area contributed by atoms with Crippen molar-refractivity contribution in [1.29, 1.82) is 0 Å². The van der Waals surface area contributed by atoms with E-state index in [2.05, 4.69) is 17.2 Å². The molecule has 0 spiro atoms. The Morgan fingerprint density at radius 1 is 1.28 bits per heavy atom.